The number of ether oxygens (including phenoxy) is 3. The van der Waals surface area contributed by atoms with Crippen LogP contribution in [-0.2, 0) is 23.3 Å². The lowest BCUT2D eigenvalue weighted by Crippen LogP contribution is -2.33. The van der Waals surface area contributed by atoms with Crippen LogP contribution < -0.4 is 11.3 Å². The van der Waals surface area contributed by atoms with Gasteiger partial charge in [-0.2, -0.15) is 4.98 Å². The third kappa shape index (κ3) is 4.01. The van der Waals surface area contributed by atoms with Crippen LogP contribution in [0.2, 0.25) is 0 Å². The Balaban J connectivity index is 1.63. The van der Waals surface area contributed by atoms with Gasteiger partial charge in [0.1, 0.15) is 12.4 Å². The molecule has 0 bridgehead atoms. The van der Waals surface area contributed by atoms with Crippen molar-refractivity contribution in [2.24, 2.45) is 5.92 Å². The van der Waals surface area contributed by atoms with Gasteiger partial charge in [-0.3, -0.25) is 18.9 Å². The zero-order valence-electron chi connectivity index (χ0n) is 16.7. The number of aromatic nitrogens is 6. The van der Waals surface area contributed by atoms with Gasteiger partial charge in [0.2, 0.25) is 5.95 Å². The molecule has 1 aliphatic rings. The number of H-pyrrole nitrogens is 1. The number of aromatic amines is 1. The normalized spacial score (nSPS) is 25.8. The maximum Gasteiger partial charge on any atom is 0.437 e. The van der Waals surface area contributed by atoms with Crippen LogP contribution in [0.5, 0.6) is 0 Å². The molecule has 4 N–H and O–H groups in total. The lowest BCUT2D eigenvalue weighted by atomic mass is 9.99. The van der Waals surface area contributed by atoms with E-state index in [1.54, 1.807) is 0 Å². The summed E-state index contributed by atoms with van der Waals surface area (Å²) in [6, 6.07) is 0. The number of imidazole rings is 2. The summed E-state index contributed by atoms with van der Waals surface area (Å²) >= 11 is 0. The molecule has 31 heavy (non-hydrogen) atoms. The summed E-state index contributed by atoms with van der Waals surface area (Å²) in [6.07, 6.45) is 3.30. The molecular formula is C16H22N7O7P. The summed E-state index contributed by atoms with van der Waals surface area (Å²) in [5.41, 5.74) is 5.51. The maximum absolute atomic E-state index is 12.5. The van der Waals surface area contributed by atoms with E-state index in [1.165, 1.54) is 43.8 Å². The van der Waals surface area contributed by atoms with Gasteiger partial charge < -0.3 is 24.8 Å². The molecule has 0 aromatic carbocycles. The summed E-state index contributed by atoms with van der Waals surface area (Å²) in [5.74, 6) is -0.430. The number of methoxy groups -OCH3 is 2. The summed E-state index contributed by atoms with van der Waals surface area (Å²) in [5, 5.41) is 0. The highest BCUT2D eigenvalue weighted by atomic mass is 31.2. The van der Waals surface area contributed by atoms with Crippen LogP contribution in [0.25, 0.3) is 11.2 Å². The SMILES string of the molecule is COC[C@H]1[C@@H](OC)[C@H](n2cnc3c(=O)[nH]c(N)nc32)O[C@@H]1COP(=O)(O)n1ccnc1. The summed E-state index contributed by atoms with van der Waals surface area (Å²) in [7, 11) is -1.13. The van der Waals surface area contributed by atoms with Crippen LogP contribution in [0.4, 0.5) is 5.95 Å². The number of fused-ring (bicyclic) bond motifs is 1. The number of nitrogens with zero attached hydrogens (tertiary/aromatic N) is 5. The van der Waals surface area contributed by atoms with Gasteiger partial charge in [-0.15, -0.1) is 0 Å². The molecule has 0 aliphatic carbocycles. The molecule has 3 aromatic heterocycles. The standard InChI is InChI=1S/C16H22N7O7P/c1-27-5-9-10(6-29-31(25,26)22-4-3-18-7-22)30-15(12(9)28-2)23-8-19-11-13(23)20-16(17)21-14(11)24/h3-4,7-10,12,15H,5-6H2,1-2H3,(H,25,26)(H3,17,20,21,24)/t9-,10-,12-,15-/m1/s1. The van der Waals surface area contributed by atoms with Crippen molar-refractivity contribution in [2.75, 3.05) is 33.2 Å². The second-order valence-corrected chi connectivity index (χ2v) is 8.59. The van der Waals surface area contributed by atoms with Crippen LogP contribution in [0.1, 0.15) is 6.23 Å². The molecule has 1 aliphatic heterocycles. The predicted octanol–water partition coefficient (Wildman–Crippen LogP) is -0.261. The molecule has 15 heteroatoms. The zero-order valence-corrected chi connectivity index (χ0v) is 17.6. The largest absolute Gasteiger partial charge is 0.437 e. The minimum absolute atomic E-state index is 0.0684. The molecule has 0 spiro atoms. The third-order valence-corrected chi connectivity index (χ3v) is 6.35. The van der Waals surface area contributed by atoms with Gasteiger partial charge in [-0.25, -0.2) is 18.9 Å². The second-order valence-electron chi connectivity index (χ2n) is 6.89. The molecule has 14 nitrogen and oxygen atoms in total. The number of nitrogen functional groups attached to an aromatic ring is 1. The first-order chi connectivity index (χ1) is 14.9. The molecule has 0 radical (unpaired) electrons. The topological polar surface area (TPSA) is 182 Å². The minimum Gasteiger partial charge on any atom is -0.384 e. The maximum atomic E-state index is 12.5. The smallest absolute Gasteiger partial charge is 0.384 e. The van der Waals surface area contributed by atoms with Crippen LogP contribution in [0, 0.1) is 5.92 Å². The van der Waals surface area contributed by atoms with Gasteiger partial charge in [-0.05, 0) is 0 Å². The van der Waals surface area contributed by atoms with Gasteiger partial charge >= 0.3 is 7.75 Å². The molecule has 3 aromatic rings. The first kappa shape index (κ1) is 21.6. The van der Waals surface area contributed by atoms with Crippen LogP contribution in [0.3, 0.4) is 0 Å². The molecule has 0 amide bonds. The first-order valence-electron chi connectivity index (χ1n) is 9.21. The highest BCUT2D eigenvalue weighted by molar-refractivity contribution is 7.51. The van der Waals surface area contributed by atoms with Crippen molar-refractivity contribution < 1.29 is 28.2 Å². The fourth-order valence-electron chi connectivity index (χ4n) is 3.62. The number of nitrogens with one attached hydrogen (secondary N) is 1. The van der Waals surface area contributed by atoms with Crippen molar-refractivity contribution in [1.29, 1.82) is 0 Å². The molecule has 5 atom stereocenters. The molecule has 4 rings (SSSR count). The number of nitrogens with two attached hydrogens (primary N) is 1. The molecule has 1 fully saturated rings. The van der Waals surface area contributed by atoms with Crippen LogP contribution in [-0.4, -0.2) is 73.4 Å². The fourth-order valence-corrected chi connectivity index (χ4v) is 4.51. The highest BCUT2D eigenvalue weighted by Gasteiger charge is 2.47. The third-order valence-electron chi connectivity index (χ3n) is 5.04. The Labute approximate surface area is 175 Å². The van der Waals surface area contributed by atoms with E-state index >= 15 is 0 Å². The van der Waals surface area contributed by atoms with Crippen LogP contribution in [0.15, 0.2) is 29.8 Å². The first-order valence-corrected chi connectivity index (χ1v) is 10.7. The molecule has 0 saturated carbocycles. The van der Waals surface area contributed by atoms with Gasteiger partial charge in [0, 0.05) is 32.5 Å². The second kappa shape index (κ2) is 8.49. The van der Waals surface area contributed by atoms with Crippen molar-refractivity contribution >= 4 is 24.9 Å². The number of hydrogen-bond acceptors (Lipinski definition) is 10. The number of hydrogen-bond donors (Lipinski definition) is 3. The van der Waals surface area contributed by atoms with E-state index in [9.17, 15) is 14.3 Å². The van der Waals surface area contributed by atoms with Crippen molar-refractivity contribution in [2.45, 2.75) is 18.4 Å². The molecule has 1 unspecified atom stereocenters. The Morgan fingerprint density at radius 1 is 1.35 bits per heavy atom. The summed E-state index contributed by atoms with van der Waals surface area (Å²) in [4.78, 5) is 36.7. The van der Waals surface area contributed by atoms with Crippen molar-refractivity contribution in [3.63, 3.8) is 0 Å². The number of anilines is 1. The van der Waals surface area contributed by atoms with E-state index in [-0.39, 0.29) is 36.2 Å². The Morgan fingerprint density at radius 3 is 2.84 bits per heavy atom. The van der Waals surface area contributed by atoms with Crippen molar-refractivity contribution in [1.82, 2.24) is 28.8 Å². The average Bonchev–Trinajstić information content (AvgIpc) is 3.45. The van der Waals surface area contributed by atoms with Gasteiger partial charge in [0.15, 0.2) is 17.4 Å². The number of rotatable bonds is 8. The summed E-state index contributed by atoms with van der Waals surface area (Å²) in [6.45, 7) is 0.00570. The van der Waals surface area contributed by atoms with Gasteiger partial charge in [0.05, 0.1) is 25.6 Å². The highest BCUT2D eigenvalue weighted by Crippen LogP contribution is 2.45. The fraction of sp³-hybridized carbons (Fsp3) is 0.500. The Morgan fingerprint density at radius 2 is 2.16 bits per heavy atom. The van der Waals surface area contributed by atoms with E-state index in [0.29, 0.717) is 0 Å². The monoisotopic (exact) mass is 455 g/mol. The van der Waals surface area contributed by atoms with E-state index < -0.39 is 31.7 Å². The Bertz CT molecular complexity index is 1150. The quantitative estimate of drug-likeness (QED) is 0.381. The zero-order chi connectivity index (χ0) is 22.2. The Kier molecular flexibility index (Phi) is 5.92. The van der Waals surface area contributed by atoms with E-state index in [0.717, 1.165) is 4.34 Å². The molecule has 1 saturated heterocycles. The lowest BCUT2D eigenvalue weighted by Gasteiger charge is -2.23. The summed E-state index contributed by atoms with van der Waals surface area (Å²) < 4.78 is 37.4. The molecule has 4 heterocycles. The van der Waals surface area contributed by atoms with E-state index in [1.807, 2.05) is 0 Å². The van der Waals surface area contributed by atoms with Crippen molar-refractivity contribution in [3.05, 3.63) is 35.4 Å². The Hall–Kier alpha value is -2.61. The predicted molar refractivity (Wildman–Crippen MR) is 106 cm³/mol. The van der Waals surface area contributed by atoms with Crippen molar-refractivity contribution in [3.8, 4) is 0 Å². The van der Waals surface area contributed by atoms with Gasteiger partial charge in [-0.1, -0.05) is 0 Å². The molecule has 168 valence electrons. The van der Waals surface area contributed by atoms with E-state index in [4.69, 9.17) is 24.5 Å². The average molecular weight is 455 g/mol. The van der Waals surface area contributed by atoms with E-state index in [2.05, 4.69) is 19.9 Å². The van der Waals surface area contributed by atoms with Crippen LogP contribution >= 0.6 is 7.75 Å². The molecular weight excluding hydrogens is 433 g/mol. The minimum atomic E-state index is -4.16. The van der Waals surface area contributed by atoms with Gasteiger partial charge in [0.25, 0.3) is 5.56 Å². The lowest BCUT2D eigenvalue weighted by molar-refractivity contribution is -0.0567.